The fourth-order valence-electron chi connectivity index (χ4n) is 2.10. The lowest BCUT2D eigenvalue weighted by Crippen LogP contribution is -2.42. The van der Waals surface area contributed by atoms with E-state index in [-0.39, 0.29) is 24.6 Å². The Labute approximate surface area is 108 Å². The van der Waals surface area contributed by atoms with E-state index < -0.39 is 11.5 Å². The van der Waals surface area contributed by atoms with Crippen LogP contribution in [0.2, 0.25) is 0 Å². The molecule has 1 rings (SSSR count). The van der Waals surface area contributed by atoms with Crippen LogP contribution in [0.3, 0.4) is 0 Å². The molecule has 1 saturated heterocycles. The van der Waals surface area contributed by atoms with E-state index >= 15 is 0 Å². The molecule has 2 amide bonds. The number of carbonyl (C=O) groups excluding carboxylic acids is 2. The number of amides is 2. The number of hydrogen-bond donors (Lipinski definition) is 2. The van der Waals surface area contributed by atoms with E-state index in [2.05, 4.69) is 5.32 Å². The second-order valence-electron chi connectivity index (χ2n) is 5.68. The van der Waals surface area contributed by atoms with Crippen LogP contribution in [0.4, 0.5) is 4.79 Å². The maximum atomic E-state index is 12.0. The second kappa shape index (κ2) is 5.56. The first-order chi connectivity index (χ1) is 8.23. The highest BCUT2D eigenvalue weighted by atomic mass is 16.6. The fraction of sp³-hybridized carbons (Fsp3) is 0.833. The predicted molar refractivity (Wildman–Crippen MR) is 68.0 cm³/mol. The van der Waals surface area contributed by atoms with E-state index in [1.165, 1.54) is 0 Å². The smallest absolute Gasteiger partial charge is 0.410 e. The van der Waals surface area contributed by atoms with Gasteiger partial charge in [-0.25, -0.2) is 4.79 Å². The molecular weight excluding hydrogens is 234 g/mol. The van der Waals surface area contributed by atoms with Crippen molar-refractivity contribution in [2.24, 2.45) is 5.73 Å². The molecule has 1 heterocycles. The Balaban J connectivity index is 2.70. The van der Waals surface area contributed by atoms with Crippen LogP contribution in [0.1, 0.15) is 33.6 Å². The molecule has 2 atom stereocenters. The van der Waals surface area contributed by atoms with Gasteiger partial charge in [0.25, 0.3) is 0 Å². The molecule has 104 valence electrons. The van der Waals surface area contributed by atoms with E-state index in [0.29, 0.717) is 6.54 Å². The summed E-state index contributed by atoms with van der Waals surface area (Å²) in [6.07, 6.45) is 0.516. The van der Waals surface area contributed by atoms with Gasteiger partial charge in [0.15, 0.2) is 0 Å². The first-order valence-electron chi connectivity index (χ1n) is 6.18. The Morgan fingerprint density at radius 2 is 2.06 bits per heavy atom. The van der Waals surface area contributed by atoms with Crippen LogP contribution >= 0.6 is 0 Å². The number of ether oxygens (including phenoxy) is 1. The zero-order valence-corrected chi connectivity index (χ0v) is 11.5. The SMILES string of the molecule is CN[C@@H]1C[C@H](CC(N)=O)N(C(=O)OC(C)(C)C)C1. The Kier molecular flexibility index (Phi) is 4.56. The molecule has 0 bridgehead atoms. The third kappa shape index (κ3) is 4.18. The Hall–Kier alpha value is -1.30. The van der Waals surface area contributed by atoms with Crippen molar-refractivity contribution >= 4 is 12.0 Å². The first-order valence-corrected chi connectivity index (χ1v) is 6.18. The van der Waals surface area contributed by atoms with Gasteiger partial charge < -0.3 is 20.7 Å². The van der Waals surface area contributed by atoms with Crippen LogP contribution in [0, 0.1) is 0 Å². The van der Waals surface area contributed by atoms with Crippen LogP contribution in [0.25, 0.3) is 0 Å². The molecule has 0 saturated carbocycles. The van der Waals surface area contributed by atoms with Crippen molar-refractivity contribution in [1.82, 2.24) is 10.2 Å². The van der Waals surface area contributed by atoms with Gasteiger partial charge in [-0.1, -0.05) is 0 Å². The lowest BCUT2D eigenvalue weighted by atomic mass is 10.1. The highest BCUT2D eigenvalue weighted by Crippen LogP contribution is 2.23. The van der Waals surface area contributed by atoms with Crippen molar-refractivity contribution in [2.45, 2.75) is 51.3 Å². The minimum atomic E-state index is -0.536. The maximum Gasteiger partial charge on any atom is 0.410 e. The summed E-state index contributed by atoms with van der Waals surface area (Å²) >= 11 is 0. The molecule has 0 unspecified atom stereocenters. The van der Waals surface area contributed by atoms with E-state index in [1.54, 1.807) is 4.90 Å². The molecule has 18 heavy (non-hydrogen) atoms. The van der Waals surface area contributed by atoms with Gasteiger partial charge in [-0.2, -0.15) is 0 Å². The topological polar surface area (TPSA) is 84.7 Å². The second-order valence-corrected chi connectivity index (χ2v) is 5.68. The lowest BCUT2D eigenvalue weighted by molar-refractivity contribution is -0.118. The Morgan fingerprint density at radius 3 is 2.50 bits per heavy atom. The molecule has 1 aliphatic heterocycles. The molecule has 6 nitrogen and oxygen atoms in total. The third-order valence-corrected chi connectivity index (χ3v) is 2.89. The summed E-state index contributed by atoms with van der Waals surface area (Å²) in [5.41, 5.74) is 4.68. The first kappa shape index (κ1) is 14.8. The zero-order chi connectivity index (χ0) is 13.9. The Morgan fingerprint density at radius 1 is 1.44 bits per heavy atom. The number of likely N-dealkylation sites (N-methyl/N-ethyl adjacent to an activating group) is 1. The molecule has 0 aromatic carbocycles. The van der Waals surface area contributed by atoms with E-state index in [0.717, 1.165) is 6.42 Å². The largest absolute Gasteiger partial charge is 0.444 e. The van der Waals surface area contributed by atoms with Crippen molar-refractivity contribution in [3.63, 3.8) is 0 Å². The minimum absolute atomic E-state index is 0.171. The summed E-state index contributed by atoms with van der Waals surface area (Å²) in [7, 11) is 1.84. The lowest BCUT2D eigenvalue weighted by Gasteiger charge is -2.28. The summed E-state index contributed by atoms with van der Waals surface area (Å²) in [6.45, 7) is 6.00. The fourth-order valence-corrected chi connectivity index (χ4v) is 2.10. The number of nitrogens with zero attached hydrogens (tertiary/aromatic N) is 1. The van der Waals surface area contributed by atoms with Gasteiger partial charge >= 0.3 is 6.09 Å². The normalized spacial score (nSPS) is 24.1. The summed E-state index contributed by atoms with van der Waals surface area (Å²) in [5.74, 6) is -0.398. The third-order valence-electron chi connectivity index (χ3n) is 2.89. The average molecular weight is 257 g/mol. The highest BCUT2D eigenvalue weighted by Gasteiger charge is 2.37. The number of rotatable bonds is 3. The number of likely N-dealkylation sites (tertiary alicyclic amines) is 1. The van der Waals surface area contributed by atoms with Gasteiger partial charge in [0.1, 0.15) is 5.60 Å². The zero-order valence-electron chi connectivity index (χ0n) is 11.5. The van der Waals surface area contributed by atoms with Crippen molar-refractivity contribution < 1.29 is 14.3 Å². The quantitative estimate of drug-likeness (QED) is 0.769. The molecule has 6 heteroatoms. The van der Waals surface area contributed by atoms with Crippen LogP contribution < -0.4 is 11.1 Å². The summed E-state index contributed by atoms with van der Waals surface area (Å²) in [6, 6.07) is 0.0108. The van der Waals surface area contributed by atoms with Gasteiger partial charge in [-0.15, -0.1) is 0 Å². The number of nitrogens with one attached hydrogen (secondary N) is 1. The summed E-state index contributed by atoms with van der Waals surface area (Å²) < 4.78 is 5.33. The molecule has 0 aliphatic carbocycles. The van der Waals surface area contributed by atoms with E-state index in [4.69, 9.17) is 10.5 Å². The molecule has 3 N–H and O–H groups in total. The molecule has 1 fully saturated rings. The molecule has 0 aromatic rings. The van der Waals surface area contributed by atoms with Crippen molar-refractivity contribution in [1.29, 1.82) is 0 Å². The Bertz CT molecular complexity index is 325. The van der Waals surface area contributed by atoms with Crippen molar-refractivity contribution in [3.05, 3.63) is 0 Å². The maximum absolute atomic E-state index is 12.0. The van der Waals surface area contributed by atoms with Crippen LogP contribution in [-0.2, 0) is 9.53 Å². The van der Waals surface area contributed by atoms with E-state index in [1.807, 2.05) is 27.8 Å². The number of nitrogens with two attached hydrogens (primary N) is 1. The van der Waals surface area contributed by atoms with E-state index in [9.17, 15) is 9.59 Å². The molecule has 1 aliphatic rings. The average Bonchev–Trinajstić information content (AvgIpc) is 2.57. The number of carbonyl (C=O) groups is 2. The van der Waals surface area contributed by atoms with Gasteiger partial charge in [0, 0.05) is 25.0 Å². The molecule has 0 aromatic heterocycles. The number of primary amides is 1. The van der Waals surface area contributed by atoms with Crippen LogP contribution in [0.15, 0.2) is 0 Å². The molecule has 0 spiro atoms. The monoisotopic (exact) mass is 257 g/mol. The van der Waals surface area contributed by atoms with Gasteiger partial charge in [-0.05, 0) is 34.2 Å². The van der Waals surface area contributed by atoms with Gasteiger partial charge in [0.05, 0.1) is 0 Å². The minimum Gasteiger partial charge on any atom is -0.444 e. The number of hydrogen-bond acceptors (Lipinski definition) is 4. The summed E-state index contributed by atoms with van der Waals surface area (Å²) in [4.78, 5) is 24.7. The standard InChI is InChI=1S/C12H23N3O3/c1-12(2,3)18-11(17)15-7-8(14-4)5-9(15)6-10(13)16/h8-9,14H,5-7H2,1-4H3,(H2,13,16)/t8-,9-/m1/s1. The van der Waals surface area contributed by atoms with Crippen LogP contribution in [-0.4, -0.2) is 48.2 Å². The van der Waals surface area contributed by atoms with Crippen molar-refractivity contribution in [3.8, 4) is 0 Å². The van der Waals surface area contributed by atoms with Gasteiger partial charge in [0.2, 0.25) is 5.91 Å². The van der Waals surface area contributed by atoms with Gasteiger partial charge in [-0.3, -0.25) is 4.79 Å². The molecule has 0 radical (unpaired) electrons. The van der Waals surface area contributed by atoms with Crippen LogP contribution in [0.5, 0.6) is 0 Å². The molecular formula is C12H23N3O3. The van der Waals surface area contributed by atoms with Crippen molar-refractivity contribution in [2.75, 3.05) is 13.6 Å². The highest BCUT2D eigenvalue weighted by molar-refractivity contribution is 5.76. The summed E-state index contributed by atoms with van der Waals surface area (Å²) in [5, 5.41) is 3.11. The predicted octanol–water partition coefficient (Wildman–Crippen LogP) is 0.459.